The van der Waals surface area contributed by atoms with Gasteiger partial charge in [-0.3, -0.25) is 14.2 Å². The van der Waals surface area contributed by atoms with Gasteiger partial charge in [0.15, 0.2) is 5.82 Å². The highest BCUT2D eigenvalue weighted by atomic mass is 16.5. The van der Waals surface area contributed by atoms with Gasteiger partial charge in [0, 0.05) is 17.0 Å². The van der Waals surface area contributed by atoms with E-state index in [0.717, 1.165) is 46.1 Å². The molecule has 0 spiro atoms. The molecule has 1 saturated carbocycles. The Morgan fingerprint density at radius 2 is 1.89 bits per heavy atom. The van der Waals surface area contributed by atoms with Crippen LogP contribution in [0.25, 0.3) is 21.9 Å². The van der Waals surface area contributed by atoms with Gasteiger partial charge >= 0.3 is 0 Å². The number of amides is 1. The van der Waals surface area contributed by atoms with Crippen molar-refractivity contribution in [3.05, 3.63) is 81.5 Å². The smallest absolute Gasteiger partial charge is 0.278 e. The number of anilines is 1. The molecule has 36 heavy (non-hydrogen) atoms. The van der Waals surface area contributed by atoms with Crippen LogP contribution in [0.1, 0.15) is 47.2 Å². The maximum atomic E-state index is 13.6. The Hall–Kier alpha value is -4.27. The highest BCUT2D eigenvalue weighted by molar-refractivity contribution is 6.06. The molecule has 0 radical (unpaired) electrons. The Morgan fingerprint density at radius 1 is 1.14 bits per heavy atom. The Kier molecular flexibility index (Phi) is 5.21. The molecule has 0 aliphatic heterocycles. The van der Waals surface area contributed by atoms with Crippen LogP contribution in [-0.4, -0.2) is 30.2 Å². The number of aromatic nitrogens is 5. The number of para-hydroxylation sites is 1. The van der Waals surface area contributed by atoms with Gasteiger partial charge in [-0.1, -0.05) is 41.1 Å². The van der Waals surface area contributed by atoms with E-state index in [-0.39, 0.29) is 24.6 Å². The second-order valence-corrected chi connectivity index (χ2v) is 9.62. The molecule has 0 bridgehead atoms. The number of carbonyl (C=O) groups excluding carboxylic acids is 1. The van der Waals surface area contributed by atoms with Crippen LogP contribution in [0.4, 0.5) is 5.69 Å². The van der Waals surface area contributed by atoms with Crippen LogP contribution in [0.15, 0.2) is 52.0 Å². The third-order valence-corrected chi connectivity index (χ3v) is 6.71. The summed E-state index contributed by atoms with van der Waals surface area (Å²) in [6.07, 6.45) is 3.63. The van der Waals surface area contributed by atoms with E-state index in [2.05, 4.69) is 20.4 Å². The molecule has 2 aromatic carbocycles. The van der Waals surface area contributed by atoms with Crippen molar-refractivity contribution < 1.29 is 9.32 Å². The number of benzene rings is 2. The SMILES string of the molecule is Cc1cc(C)c(NC(=O)Cn2c3ccccc3c3ncn(Cc4nc(C5CC5)no4)c(=O)c32)c(C)c1. The average Bonchev–Trinajstić information content (AvgIpc) is 3.51. The van der Waals surface area contributed by atoms with Crippen molar-refractivity contribution in [2.45, 2.75) is 52.6 Å². The lowest BCUT2D eigenvalue weighted by atomic mass is 10.1. The molecule has 3 aromatic heterocycles. The predicted molar refractivity (Wildman–Crippen MR) is 136 cm³/mol. The molecule has 1 aliphatic carbocycles. The van der Waals surface area contributed by atoms with Gasteiger partial charge in [0.05, 0.1) is 11.8 Å². The Balaban J connectivity index is 1.39. The highest BCUT2D eigenvalue weighted by Crippen LogP contribution is 2.38. The van der Waals surface area contributed by atoms with Crippen molar-refractivity contribution in [1.29, 1.82) is 0 Å². The van der Waals surface area contributed by atoms with Crippen LogP contribution in [-0.2, 0) is 17.9 Å². The van der Waals surface area contributed by atoms with E-state index in [9.17, 15) is 9.59 Å². The number of rotatable bonds is 6. The van der Waals surface area contributed by atoms with Gasteiger partial charge < -0.3 is 14.4 Å². The van der Waals surface area contributed by atoms with Crippen LogP contribution < -0.4 is 10.9 Å². The molecular weight excluding hydrogens is 456 g/mol. The van der Waals surface area contributed by atoms with Crippen molar-refractivity contribution in [2.24, 2.45) is 0 Å². The summed E-state index contributed by atoms with van der Waals surface area (Å²) in [6, 6.07) is 11.7. The first-order valence-corrected chi connectivity index (χ1v) is 12.1. The molecule has 182 valence electrons. The monoisotopic (exact) mass is 482 g/mol. The number of nitrogens with one attached hydrogen (secondary N) is 1. The summed E-state index contributed by atoms with van der Waals surface area (Å²) in [7, 11) is 0. The molecule has 0 atom stereocenters. The molecule has 1 fully saturated rings. The average molecular weight is 483 g/mol. The zero-order valence-corrected chi connectivity index (χ0v) is 20.4. The molecule has 3 heterocycles. The van der Waals surface area contributed by atoms with Crippen molar-refractivity contribution >= 4 is 33.5 Å². The van der Waals surface area contributed by atoms with E-state index < -0.39 is 0 Å². The Bertz CT molecular complexity index is 1680. The van der Waals surface area contributed by atoms with Gasteiger partial charge in [-0.05, 0) is 50.8 Å². The van der Waals surface area contributed by atoms with Gasteiger partial charge in [0.1, 0.15) is 24.1 Å². The fourth-order valence-electron chi connectivity index (χ4n) is 4.91. The van der Waals surface area contributed by atoms with Crippen LogP contribution >= 0.6 is 0 Å². The van der Waals surface area contributed by atoms with E-state index >= 15 is 0 Å². The number of aryl methyl sites for hydroxylation is 3. The maximum Gasteiger partial charge on any atom is 0.278 e. The minimum absolute atomic E-state index is 0.0237. The van der Waals surface area contributed by atoms with E-state index in [0.29, 0.717) is 28.7 Å². The van der Waals surface area contributed by atoms with Crippen molar-refractivity contribution in [1.82, 2.24) is 24.3 Å². The van der Waals surface area contributed by atoms with E-state index in [1.807, 2.05) is 57.2 Å². The molecule has 5 aromatic rings. The van der Waals surface area contributed by atoms with Crippen molar-refractivity contribution in [2.75, 3.05) is 5.32 Å². The third-order valence-electron chi connectivity index (χ3n) is 6.71. The summed E-state index contributed by atoms with van der Waals surface area (Å²) in [5.41, 5.74) is 5.37. The summed E-state index contributed by atoms with van der Waals surface area (Å²) in [5.74, 6) is 1.21. The van der Waals surface area contributed by atoms with E-state index in [1.165, 1.54) is 10.9 Å². The minimum atomic E-state index is -0.266. The summed E-state index contributed by atoms with van der Waals surface area (Å²) in [6.45, 7) is 6.08. The number of carbonyl (C=O) groups is 1. The van der Waals surface area contributed by atoms with Gasteiger partial charge in [-0.25, -0.2) is 4.98 Å². The zero-order chi connectivity index (χ0) is 25.0. The van der Waals surface area contributed by atoms with Gasteiger partial charge in [-0.2, -0.15) is 4.98 Å². The summed E-state index contributed by atoms with van der Waals surface area (Å²) >= 11 is 0. The normalized spacial score (nSPS) is 13.5. The summed E-state index contributed by atoms with van der Waals surface area (Å²) < 4.78 is 8.56. The van der Waals surface area contributed by atoms with Crippen LogP contribution in [0.5, 0.6) is 0 Å². The van der Waals surface area contributed by atoms with Crippen LogP contribution in [0.3, 0.4) is 0 Å². The molecule has 1 N–H and O–H groups in total. The fraction of sp³-hybridized carbons (Fsp3) is 0.296. The topological polar surface area (TPSA) is 108 Å². The maximum absolute atomic E-state index is 13.6. The molecule has 6 rings (SSSR count). The molecule has 0 unspecified atom stereocenters. The summed E-state index contributed by atoms with van der Waals surface area (Å²) in [5, 5.41) is 7.90. The number of hydrogen-bond donors (Lipinski definition) is 1. The van der Waals surface area contributed by atoms with Gasteiger partial charge in [0.2, 0.25) is 11.8 Å². The van der Waals surface area contributed by atoms with Gasteiger partial charge in [-0.15, -0.1) is 0 Å². The first kappa shape index (κ1) is 22.2. The standard InChI is InChI=1S/C27H26N6O3/c1-15-10-16(2)23(17(3)11-15)29-21(34)12-33-20-7-5-4-6-19(20)24-25(33)27(35)32(14-28-24)13-22-30-26(31-36-22)18-8-9-18/h4-7,10-11,14,18H,8-9,12-13H2,1-3H3,(H,29,34). The van der Waals surface area contributed by atoms with Crippen LogP contribution in [0, 0.1) is 20.8 Å². The molecule has 1 amide bonds. The quantitative estimate of drug-likeness (QED) is 0.388. The lowest BCUT2D eigenvalue weighted by Crippen LogP contribution is -2.26. The first-order valence-electron chi connectivity index (χ1n) is 12.1. The van der Waals surface area contributed by atoms with E-state index in [1.54, 1.807) is 4.57 Å². The molecule has 9 heteroatoms. The number of nitrogens with zero attached hydrogens (tertiary/aromatic N) is 5. The van der Waals surface area contributed by atoms with Crippen molar-refractivity contribution in [3.63, 3.8) is 0 Å². The lowest BCUT2D eigenvalue weighted by molar-refractivity contribution is -0.116. The minimum Gasteiger partial charge on any atom is -0.337 e. The summed E-state index contributed by atoms with van der Waals surface area (Å²) in [4.78, 5) is 35.9. The first-order chi connectivity index (χ1) is 17.4. The van der Waals surface area contributed by atoms with E-state index in [4.69, 9.17) is 4.52 Å². The third kappa shape index (κ3) is 3.86. The zero-order valence-electron chi connectivity index (χ0n) is 20.4. The predicted octanol–water partition coefficient (Wildman–Crippen LogP) is 4.22. The second-order valence-electron chi connectivity index (χ2n) is 9.62. The number of fused-ring (bicyclic) bond motifs is 3. The number of hydrogen-bond acceptors (Lipinski definition) is 6. The van der Waals surface area contributed by atoms with Crippen molar-refractivity contribution in [3.8, 4) is 0 Å². The fourth-order valence-corrected chi connectivity index (χ4v) is 4.91. The second kappa shape index (κ2) is 8.44. The molecule has 1 aliphatic rings. The highest BCUT2D eigenvalue weighted by Gasteiger charge is 2.29. The van der Waals surface area contributed by atoms with Crippen LogP contribution in [0.2, 0.25) is 0 Å². The van der Waals surface area contributed by atoms with Gasteiger partial charge in [0.25, 0.3) is 5.56 Å². The molecule has 9 nitrogen and oxygen atoms in total. The molecular formula is C27H26N6O3. The molecule has 0 saturated heterocycles. The largest absolute Gasteiger partial charge is 0.337 e. The Labute approximate surface area is 206 Å². The Morgan fingerprint density at radius 3 is 2.64 bits per heavy atom. The lowest BCUT2D eigenvalue weighted by Gasteiger charge is -2.14.